The predicted molar refractivity (Wildman–Crippen MR) is 263 cm³/mol. The third kappa shape index (κ3) is 6.94. The van der Waals surface area contributed by atoms with Crippen molar-refractivity contribution >= 4 is 38.9 Å². The Bertz CT molecular complexity index is 3310. The van der Waals surface area contributed by atoms with Crippen LogP contribution in [0.25, 0.3) is 83.1 Å². The van der Waals surface area contributed by atoms with Gasteiger partial charge in [-0.1, -0.05) is 188 Å². The first-order valence-corrected chi connectivity index (χ1v) is 21.3. The molecule has 0 unspecified atom stereocenters. The Morgan fingerprint density at radius 1 is 0.242 bits per heavy atom. The van der Waals surface area contributed by atoms with Gasteiger partial charge in [0.2, 0.25) is 0 Å². The van der Waals surface area contributed by atoms with Gasteiger partial charge < -0.3 is 9.47 Å². The molecule has 2 nitrogen and oxygen atoms in total. The van der Waals surface area contributed by atoms with Crippen LogP contribution in [-0.2, 0) is 0 Å². The monoisotopic (exact) mass is 790 g/mol. The lowest BCUT2D eigenvalue weighted by Gasteiger charge is -2.26. The molecule has 0 radical (unpaired) electrons. The normalized spacial score (nSPS) is 11.2. The van der Waals surface area contributed by atoms with Gasteiger partial charge in [-0.3, -0.25) is 0 Å². The van der Waals surface area contributed by atoms with Crippen LogP contribution < -0.4 is 4.90 Å². The largest absolute Gasteiger partial charge is 0.310 e. The zero-order valence-corrected chi connectivity index (χ0v) is 34.1. The molecule has 0 bridgehead atoms. The molecule has 1 aromatic heterocycles. The minimum atomic E-state index is 1.09. The summed E-state index contributed by atoms with van der Waals surface area (Å²) in [6, 6.07) is 92.0. The van der Waals surface area contributed by atoms with Crippen LogP contribution in [0.5, 0.6) is 0 Å². The van der Waals surface area contributed by atoms with Crippen LogP contribution in [0.2, 0.25) is 0 Å². The van der Waals surface area contributed by atoms with Crippen molar-refractivity contribution in [2.24, 2.45) is 0 Å². The molecule has 0 saturated heterocycles. The maximum Gasteiger partial charge on any atom is 0.0541 e. The topological polar surface area (TPSA) is 8.17 Å². The minimum absolute atomic E-state index is 1.09. The van der Waals surface area contributed by atoms with E-state index < -0.39 is 0 Å². The molecular weight excluding hydrogens is 749 g/mol. The Labute approximate surface area is 362 Å². The van der Waals surface area contributed by atoms with E-state index in [1.165, 1.54) is 71.9 Å². The molecule has 0 amide bonds. The van der Waals surface area contributed by atoms with E-state index in [0.717, 1.165) is 28.3 Å². The fraction of sp³-hybridized carbons (Fsp3) is 0. The molecule has 0 fully saturated rings. The van der Waals surface area contributed by atoms with Crippen molar-refractivity contribution in [3.05, 3.63) is 255 Å². The van der Waals surface area contributed by atoms with E-state index in [0.29, 0.717) is 0 Å². The van der Waals surface area contributed by atoms with Gasteiger partial charge in [0.05, 0.1) is 11.0 Å². The van der Waals surface area contributed by atoms with E-state index in [4.69, 9.17) is 0 Å². The highest BCUT2D eigenvalue weighted by atomic mass is 15.1. The molecule has 1 heterocycles. The van der Waals surface area contributed by atoms with Gasteiger partial charge in [-0.15, -0.1) is 0 Å². The van der Waals surface area contributed by atoms with Gasteiger partial charge in [-0.05, 0) is 122 Å². The first kappa shape index (κ1) is 36.8. The lowest BCUT2D eigenvalue weighted by molar-refractivity contribution is 1.18. The van der Waals surface area contributed by atoms with E-state index in [9.17, 15) is 0 Å². The van der Waals surface area contributed by atoms with Gasteiger partial charge in [-0.2, -0.15) is 0 Å². The number of nitrogens with zero attached hydrogens (tertiary/aromatic N) is 2. The summed E-state index contributed by atoms with van der Waals surface area (Å²) in [6.07, 6.45) is 0. The lowest BCUT2D eigenvalue weighted by Crippen LogP contribution is -2.10. The molecular formula is C60H42N2. The highest BCUT2D eigenvalue weighted by Crippen LogP contribution is 2.42. The van der Waals surface area contributed by atoms with Crippen LogP contribution in [0.15, 0.2) is 255 Å². The summed E-state index contributed by atoms with van der Waals surface area (Å²) in [5.41, 5.74) is 18.8. The third-order valence-electron chi connectivity index (χ3n) is 12.0. The molecule has 0 atom stereocenters. The van der Waals surface area contributed by atoms with Crippen LogP contribution in [0.4, 0.5) is 17.1 Å². The van der Waals surface area contributed by atoms with Gasteiger partial charge in [0.15, 0.2) is 0 Å². The number of hydrogen-bond acceptors (Lipinski definition) is 1. The fourth-order valence-electron chi connectivity index (χ4n) is 8.99. The van der Waals surface area contributed by atoms with Gasteiger partial charge >= 0.3 is 0 Å². The van der Waals surface area contributed by atoms with E-state index in [-0.39, 0.29) is 0 Å². The van der Waals surface area contributed by atoms with Crippen molar-refractivity contribution in [3.8, 4) is 61.3 Å². The quantitative estimate of drug-likeness (QED) is 0.141. The predicted octanol–water partition coefficient (Wildman–Crippen LogP) is 16.6. The number of fused-ring (bicyclic) bond motifs is 3. The standard InChI is InChI=1S/C60H42N2/c1-4-16-43(17-5-1)45-30-32-47(33-31-45)48-20-14-24-53(40-48)61(51-22-8-3-9-23-51)54-25-15-21-49(41-54)55-26-10-11-27-56(55)50-36-39-60-58(42-50)57-28-12-13-29-59(57)62(60)52-37-34-46(35-38-52)44-18-6-2-7-19-44/h1-42H. The second kappa shape index (κ2) is 16.1. The summed E-state index contributed by atoms with van der Waals surface area (Å²) in [6.45, 7) is 0. The average Bonchev–Trinajstić information content (AvgIpc) is 3.69. The summed E-state index contributed by atoms with van der Waals surface area (Å²) in [5, 5.41) is 2.47. The maximum absolute atomic E-state index is 2.39. The van der Waals surface area contributed by atoms with Crippen LogP contribution in [-0.4, -0.2) is 4.57 Å². The number of benzene rings is 10. The Morgan fingerprint density at radius 3 is 1.27 bits per heavy atom. The van der Waals surface area contributed by atoms with Crippen LogP contribution >= 0.6 is 0 Å². The SMILES string of the molecule is c1ccc(-c2ccc(-c3cccc(N(c4ccccc4)c4cccc(-c5ccccc5-c5ccc6c(c5)c5ccccc5n6-c5ccc(-c6ccccc6)cc5)c4)c3)cc2)cc1. The Kier molecular flexibility index (Phi) is 9.57. The van der Waals surface area contributed by atoms with Gasteiger partial charge in [-0.25, -0.2) is 0 Å². The molecule has 0 saturated carbocycles. The first-order chi connectivity index (χ1) is 30.7. The Morgan fingerprint density at radius 2 is 0.645 bits per heavy atom. The molecule has 0 N–H and O–H groups in total. The Balaban J connectivity index is 0.968. The lowest BCUT2D eigenvalue weighted by atomic mass is 9.93. The summed E-state index contributed by atoms with van der Waals surface area (Å²) in [4.78, 5) is 2.36. The zero-order valence-electron chi connectivity index (χ0n) is 34.1. The van der Waals surface area contributed by atoms with Crippen molar-refractivity contribution in [2.75, 3.05) is 4.90 Å². The van der Waals surface area contributed by atoms with Crippen LogP contribution in [0, 0.1) is 0 Å². The van der Waals surface area contributed by atoms with Crippen molar-refractivity contribution in [1.29, 1.82) is 0 Å². The van der Waals surface area contributed by atoms with E-state index in [1.807, 2.05) is 0 Å². The van der Waals surface area contributed by atoms with Crippen molar-refractivity contribution in [3.63, 3.8) is 0 Å². The molecule has 0 aliphatic heterocycles. The fourth-order valence-corrected chi connectivity index (χ4v) is 8.99. The molecule has 0 aliphatic rings. The van der Waals surface area contributed by atoms with E-state index in [1.54, 1.807) is 0 Å². The van der Waals surface area contributed by atoms with Gasteiger partial charge in [0.1, 0.15) is 0 Å². The number of anilines is 3. The zero-order chi connectivity index (χ0) is 41.2. The van der Waals surface area contributed by atoms with E-state index >= 15 is 0 Å². The summed E-state index contributed by atoms with van der Waals surface area (Å²) in [5.74, 6) is 0. The molecule has 2 heteroatoms. The summed E-state index contributed by atoms with van der Waals surface area (Å²) in [7, 11) is 0. The smallest absolute Gasteiger partial charge is 0.0541 e. The number of hydrogen-bond donors (Lipinski definition) is 0. The molecule has 0 spiro atoms. The molecule has 11 aromatic rings. The maximum atomic E-state index is 2.39. The first-order valence-electron chi connectivity index (χ1n) is 21.3. The van der Waals surface area contributed by atoms with Crippen molar-refractivity contribution in [1.82, 2.24) is 4.57 Å². The molecule has 0 aliphatic carbocycles. The summed E-state index contributed by atoms with van der Waals surface area (Å²) >= 11 is 0. The summed E-state index contributed by atoms with van der Waals surface area (Å²) < 4.78 is 2.39. The minimum Gasteiger partial charge on any atom is -0.310 e. The second-order valence-corrected chi connectivity index (χ2v) is 15.8. The molecule has 10 aromatic carbocycles. The van der Waals surface area contributed by atoms with Crippen LogP contribution in [0.1, 0.15) is 0 Å². The van der Waals surface area contributed by atoms with Crippen molar-refractivity contribution < 1.29 is 0 Å². The average molecular weight is 791 g/mol. The van der Waals surface area contributed by atoms with Crippen molar-refractivity contribution in [2.45, 2.75) is 0 Å². The highest BCUT2D eigenvalue weighted by molar-refractivity contribution is 6.11. The van der Waals surface area contributed by atoms with Gasteiger partial charge in [0, 0.05) is 33.5 Å². The van der Waals surface area contributed by atoms with Crippen LogP contribution in [0.3, 0.4) is 0 Å². The second-order valence-electron chi connectivity index (χ2n) is 15.8. The van der Waals surface area contributed by atoms with Gasteiger partial charge in [0.25, 0.3) is 0 Å². The number of para-hydroxylation sites is 2. The molecule has 62 heavy (non-hydrogen) atoms. The number of aromatic nitrogens is 1. The third-order valence-corrected chi connectivity index (χ3v) is 12.0. The van der Waals surface area contributed by atoms with E-state index in [2.05, 4.69) is 264 Å². The number of rotatable bonds is 9. The molecule has 292 valence electrons. The molecule has 11 rings (SSSR count). The highest BCUT2D eigenvalue weighted by Gasteiger charge is 2.18. The Hall–Kier alpha value is -8.20.